The fourth-order valence-corrected chi connectivity index (χ4v) is 2.19. The maximum atomic E-state index is 12.5. The minimum Gasteiger partial charge on any atom is -0.497 e. The third kappa shape index (κ3) is 3.22. The predicted octanol–water partition coefficient (Wildman–Crippen LogP) is 0.704. The zero-order valence-electron chi connectivity index (χ0n) is 14.3. The zero-order valence-corrected chi connectivity index (χ0v) is 14.3. The lowest BCUT2D eigenvalue weighted by Crippen LogP contribution is -2.24. The van der Waals surface area contributed by atoms with Crippen LogP contribution in [-0.2, 0) is 0 Å². The molecule has 0 aliphatic rings. The van der Waals surface area contributed by atoms with Gasteiger partial charge in [-0.2, -0.15) is 9.78 Å². The summed E-state index contributed by atoms with van der Waals surface area (Å²) in [7, 11) is 1.59. The number of hydrogen-bond acceptors (Lipinski definition) is 9. The number of aromatic nitrogens is 5. The number of hydrogen-bond donors (Lipinski definition) is 2. The number of methoxy groups -OCH3 is 1. The molecule has 1 aromatic carbocycles. The maximum Gasteiger partial charge on any atom is 0.292 e. The van der Waals surface area contributed by atoms with Crippen LogP contribution >= 0.6 is 0 Å². The molecule has 0 saturated carbocycles. The zero-order chi connectivity index (χ0) is 18.7. The summed E-state index contributed by atoms with van der Waals surface area (Å²) in [5, 5.41) is 18.9. The number of amides is 1. The molecule has 3 N–H and O–H groups in total. The van der Waals surface area contributed by atoms with Crippen LogP contribution in [0.25, 0.3) is 5.82 Å². The highest BCUT2D eigenvalue weighted by Crippen LogP contribution is 2.15. The van der Waals surface area contributed by atoms with Gasteiger partial charge in [-0.25, -0.2) is 10.1 Å². The number of nitrogen functional groups attached to an aromatic ring is 1. The fraction of sp³-hybridized carbons (Fsp3) is 0.200. The molecule has 0 atom stereocenters. The van der Waals surface area contributed by atoms with E-state index in [1.165, 1.54) is 0 Å². The monoisotopic (exact) mass is 356 g/mol. The Hall–Kier alpha value is -3.76. The van der Waals surface area contributed by atoms with Gasteiger partial charge in [0, 0.05) is 0 Å². The van der Waals surface area contributed by atoms with Crippen molar-refractivity contribution in [1.29, 1.82) is 0 Å². The Kier molecular flexibility index (Phi) is 4.60. The molecule has 11 heteroatoms. The van der Waals surface area contributed by atoms with Crippen molar-refractivity contribution in [1.82, 2.24) is 30.7 Å². The van der Waals surface area contributed by atoms with Gasteiger partial charge in [0.1, 0.15) is 5.75 Å². The first-order valence-corrected chi connectivity index (χ1v) is 7.51. The van der Waals surface area contributed by atoms with E-state index in [1.54, 1.807) is 33.1 Å². The molecule has 1 amide bonds. The molecule has 3 aromatic rings. The second-order valence-corrected chi connectivity index (χ2v) is 5.27. The first kappa shape index (κ1) is 17.1. The van der Waals surface area contributed by atoms with E-state index in [4.69, 9.17) is 10.5 Å². The van der Waals surface area contributed by atoms with Crippen molar-refractivity contribution >= 4 is 17.4 Å². The smallest absolute Gasteiger partial charge is 0.292 e. The van der Waals surface area contributed by atoms with Crippen molar-refractivity contribution < 1.29 is 14.2 Å². The van der Waals surface area contributed by atoms with E-state index in [0.29, 0.717) is 11.4 Å². The Bertz CT molecular complexity index is 958. The van der Waals surface area contributed by atoms with Gasteiger partial charge in [-0.05, 0) is 54.0 Å². The summed E-state index contributed by atoms with van der Waals surface area (Å²) >= 11 is 0. The number of nitrogens with zero attached hydrogens (tertiary/aromatic N) is 6. The lowest BCUT2D eigenvalue weighted by molar-refractivity contribution is 0.0946. The number of carbonyl (C=O) groups is 1. The van der Waals surface area contributed by atoms with Gasteiger partial charge in [-0.15, -0.1) is 5.10 Å². The number of carbonyl (C=O) groups excluding carboxylic acids is 1. The molecule has 11 nitrogen and oxygen atoms in total. The van der Waals surface area contributed by atoms with E-state index >= 15 is 0 Å². The minimum atomic E-state index is -0.525. The Morgan fingerprint density at radius 3 is 2.65 bits per heavy atom. The van der Waals surface area contributed by atoms with Crippen LogP contribution in [-0.4, -0.2) is 44.0 Å². The molecular formula is C15H16N8O3. The second-order valence-electron chi connectivity index (χ2n) is 5.27. The molecular weight excluding hydrogens is 340 g/mol. The van der Waals surface area contributed by atoms with Gasteiger partial charge in [0.2, 0.25) is 11.6 Å². The average molecular weight is 356 g/mol. The number of anilines is 1. The summed E-state index contributed by atoms with van der Waals surface area (Å²) in [4.78, 5) is 12.5. The number of nitrogens with two attached hydrogens (primary N) is 1. The summed E-state index contributed by atoms with van der Waals surface area (Å²) in [6, 6.07) is 7.28. The van der Waals surface area contributed by atoms with Gasteiger partial charge < -0.3 is 10.5 Å². The van der Waals surface area contributed by atoms with Gasteiger partial charge in [-0.3, -0.25) is 4.79 Å². The molecule has 2 aromatic heterocycles. The van der Waals surface area contributed by atoms with Crippen LogP contribution in [0.1, 0.15) is 28.7 Å². The molecule has 26 heavy (non-hydrogen) atoms. The number of ether oxygens (including phenoxy) is 1. The largest absolute Gasteiger partial charge is 0.497 e. The first-order chi connectivity index (χ1) is 12.5. The van der Waals surface area contributed by atoms with Crippen LogP contribution in [0.4, 0.5) is 5.82 Å². The molecule has 0 radical (unpaired) electrons. The van der Waals surface area contributed by atoms with Gasteiger partial charge >= 0.3 is 0 Å². The van der Waals surface area contributed by atoms with E-state index in [9.17, 15) is 4.79 Å². The van der Waals surface area contributed by atoms with E-state index in [1.807, 2.05) is 12.1 Å². The number of nitrogens with one attached hydrogen (secondary N) is 1. The van der Waals surface area contributed by atoms with Crippen molar-refractivity contribution in [2.45, 2.75) is 13.8 Å². The molecule has 2 heterocycles. The number of rotatable bonds is 5. The van der Waals surface area contributed by atoms with Crippen molar-refractivity contribution in [2.24, 2.45) is 5.10 Å². The van der Waals surface area contributed by atoms with Gasteiger partial charge in [0.05, 0.1) is 18.5 Å². The first-order valence-electron chi connectivity index (χ1n) is 7.51. The summed E-state index contributed by atoms with van der Waals surface area (Å²) < 4.78 is 10.8. The molecule has 0 fully saturated rings. The Balaban J connectivity index is 1.82. The molecule has 3 rings (SSSR count). The lowest BCUT2D eigenvalue weighted by Gasteiger charge is -2.05. The van der Waals surface area contributed by atoms with Crippen LogP contribution in [0.2, 0.25) is 0 Å². The summed E-state index contributed by atoms with van der Waals surface area (Å²) in [6.07, 6.45) is 0. The Morgan fingerprint density at radius 1 is 1.31 bits per heavy atom. The van der Waals surface area contributed by atoms with Crippen molar-refractivity contribution in [3.8, 4) is 11.6 Å². The molecule has 0 spiro atoms. The van der Waals surface area contributed by atoms with Crippen LogP contribution in [0, 0.1) is 6.92 Å². The molecule has 134 valence electrons. The van der Waals surface area contributed by atoms with Crippen molar-refractivity contribution in [2.75, 3.05) is 12.8 Å². The predicted molar refractivity (Wildman–Crippen MR) is 91.0 cm³/mol. The number of aryl methyl sites for hydroxylation is 1. The topological polar surface area (TPSA) is 146 Å². The summed E-state index contributed by atoms with van der Waals surface area (Å²) in [6.45, 7) is 3.40. The highest BCUT2D eigenvalue weighted by atomic mass is 16.6. The molecule has 0 aliphatic carbocycles. The quantitative estimate of drug-likeness (QED) is 0.502. The van der Waals surface area contributed by atoms with Crippen LogP contribution < -0.4 is 15.9 Å². The van der Waals surface area contributed by atoms with Gasteiger partial charge in [0.15, 0.2) is 5.69 Å². The highest BCUT2D eigenvalue weighted by Gasteiger charge is 2.22. The molecule has 0 saturated heterocycles. The standard InChI is InChI=1S/C15H16N8O3/c1-8(10-4-6-11(25-3)7-5-10)17-19-15(24)12-9(2)18-22-23(12)14-13(16)20-26-21-14/h4-7H,1-3H3,(H2,16,20)(H,19,24)/b17-8+. The number of benzene rings is 1. The van der Waals surface area contributed by atoms with E-state index in [0.717, 1.165) is 16.0 Å². The van der Waals surface area contributed by atoms with Crippen LogP contribution in [0.3, 0.4) is 0 Å². The van der Waals surface area contributed by atoms with Crippen LogP contribution in [0.15, 0.2) is 34.0 Å². The highest BCUT2D eigenvalue weighted by molar-refractivity contribution is 6.00. The Labute approximate surface area is 147 Å². The normalized spacial score (nSPS) is 11.4. The lowest BCUT2D eigenvalue weighted by atomic mass is 10.1. The Morgan fingerprint density at radius 2 is 2.04 bits per heavy atom. The molecule has 0 bridgehead atoms. The van der Waals surface area contributed by atoms with E-state index in [-0.39, 0.29) is 17.3 Å². The third-order valence-electron chi connectivity index (χ3n) is 3.58. The summed E-state index contributed by atoms with van der Waals surface area (Å²) in [5.74, 6) is 0.270. The second kappa shape index (κ2) is 7.01. The molecule has 0 aliphatic heterocycles. The number of hydrazone groups is 1. The molecule has 0 unspecified atom stereocenters. The van der Waals surface area contributed by atoms with Crippen molar-refractivity contribution in [3.63, 3.8) is 0 Å². The third-order valence-corrected chi connectivity index (χ3v) is 3.58. The SMILES string of the molecule is COc1ccc(/C(C)=N/NC(=O)c2c(C)nnn2-c2nonc2N)cc1. The van der Waals surface area contributed by atoms with E-state index in [2.05, 4.69) is 35.8 Å². The van der Waals surface area contributed by atoms with Crippen molar-refractivity contribution in [3.05, 3.63) is 41.2 Å². The summed E-state index contributed by atoms with van der Waals surface area (Å²) in [5.41, 5.74) is 10.1. The average Bonchev–Trinajstić information content (AvgIpc) is 3.24. The van der Waals surface area contributed by atoms with Gasteiger partial charge in [-0.1, -0.05) is 5.21 Å². The minimum absolute atomic E-state index is 0.0122. The maximum absolute atomic E-state index is 12.5. The van der Waals surface area contributed by atoms with Gasteiger partial charge in [0.25, 0.3) is 5.91 Å². The van der Waals surface area contributed by atoms with Crippen LogP contribution in [0.5, 0.6) is 5.75 Å². The van der Waals surface area contributed by atoms with E-state index < -0.39 is 5.91 Å². The fourth-order valence-electron chi connectivity index (χ4n) is 2.19.